The number of carbonyl (C=O) groups is 1. The number of likely N-dealkylation sites (tertiary alicyclic amines) is 1. The van der Waals surface area contributed by atoms with Gasteiger partial charge in [0.25, 0.3) is 5.91 Å². The number of amides is 1. The van der Waals surface area contributed by atoms with Crippen LogP contribution in [0, 0.1) is 5.92 Å². The van der Waals surface area contributed by atoms with Crippen LogP contribution in [0.1, 0.15) is 47.6 Å². The Kier molecular flexibility index (Phi) is 7.83. The molecule has 1 amide bonds. The third-order valence-electron chi connectivity index (χ3n) is 6.81. The number of pyridine rings is 1. The Labute approximate surface area is 216 Å². The van der Waals surface area contributed by atoms with E-state index in [4.69, 9.17) is 0 Å². The van der Waals surface area contributed by atoms with Crippen molar-refractivity contribution in [3.63, 3.8) is 0 Å². The normalized spacial score (nSPS) is 15.6. The summed E-state index contributed by atoms with van der Waals surface area (Å²) in [4.78, 5) is 29.3. The average molecular weight is 501 g/mol. The van der Waals surface area contributed by atoms with Gasteiger partial charge in [-0.05, 0) is 74.3 Å². The Morgan fingerprint density at radius 2 is 1.89 bits per heavy atom. The highest BCUT2D eigenvalue weighted by molar-refractivity contribution is 7.17. The highest BCUT2D eigenvalue weighted by Gasteiger charge is 2.22. The third kappa shape index (κ3) is 6.06. The number of benzene rings is 1. The van der Waals surface area contributed by atoms with Crippen molar-refractivity contribution in [1.82, 2.24) is 25.2 Å². The van der Waals surface area contributed by atoms with Crippen molar-refractivity contribution in [2.45, 2.75) is 32.2 Å². The smallest absolute Gasteiger partial charge is 0.271 e. The van der Waals surface area contributed by atoms with E-state index in [1.165, 1.54) is 16.9 Å². The number of thiophene rings is 1. The molecule has 0 radical (unpaired) electrons. The van der Waals surface area contributed by atoms with Crippen molar-refractivity contribution in [1.29, 1.82) is 0 Å². The molecule has 1 atom stereocenters. The van der Waals surface area contributed by atoms with Gasteiger partial charge in [0.15, 0.2) is 5.69 Å². The number of nitrogens with one attached hydrogen (secondary N) is 2. The van der Waals surface area contributed by atoms with Crippen molar-refractivity contribution in [3.05, 3.63) is 83.1 Å². The molecule has 0 unspecified atom stereocenters. The SMILES string of the molecule is C[C@H](Nc1nc(C(=O)NCC2CCN(CCc3ccccc3)CC2)c2sccc2n1)c1ccccn1. The lowest BCUT2D eigenvalue weighted by molar-refractivity contribution is 0.0933. The number of fused-ring (bicyclic) bond motifs is 1. The van der Waals surface area contributed by atoms with Crippen LogP contribution in [0.5, 0.6) is 0 Å². The number of nitrogens with zero attached hydrogens (tertiary/aromatic N) is 4. The van der Waals surface area contributed by atoms with E-state index in [2.05, 4.69) is 60.8 Å². The van der Waals surface area contributed by atoms with Crippen LogP contribution < -0.4 is 10.6 Å². The number of hydrogen-bond donors (Lipinski definition) is 2. The lowest BCUT2D eigenvalue weighted by Crippen LogP contribution is -2.39. The van der Waals surface area contributed by atoms with Crippen LogP contribution in [0.2, 0.25) is 0 Å². The van der Waals surface area contributed by atoms with E-state index in [0.29, 0.717) is 24.1 Å². The lowest BCUT2D eigenvalue weighted by atomic mass is 9.96. The monoisotopic (exact) mass is 500 g/mol. The highest BCUT2D eigenvalue weighted by Crippen LogP contribution is 2.25. The van der Waals surface area contributed by atoms with Crippen LogP contribution in [-0.2, 0) is 6.42 Å². The lowest BCUT2D eigenvalue weighted by Gasteiger charge is -2.32. The second-order valence-corrected chi connectivity index (χ2v) is 10.3. The van der Waals surface area contributed by atoms with Crippen molar-refractivity contribution in [3.8, 4) is 0 Å². The number of piperidine rings is 1. The van der Waals surface area contributed by atoms with Crippen molar-refractivity contribution in [2.24, 2.45) is 5.92 Å². The minimum Gasteiger partial charge on any atom is -0.350 e. The average Bonchev–Trinajstić information content (AvgIpc) is 3.40. The molecule has 186 valence electrons. The molecule has 0 aliphatic carbocycles. The van der Waals surface area contributed by atoms with Crippen LogP contribution in [0.15, 0.2) is 66.2 Å². The maximum atomic E-state index is 13.2. The minimum atomic E-state index is -0.134. The van der Waals surface area contributed by atoms with Crippen LogP contribution >= 0.6 is 11.3 Å². The predicted molar refractivity (Wildman–Crippen MR) is 145 cm³/mol. The van der Waals surface area contributed by atoms with Gasteiger partial charge in [-0.2, -0.15) is 0 Å². The molecule has 4 aromatic rings. The molecule has 2 N–H and O–H groups in total. The zero-order valence-electron chi connectivity index (χ0n) is 20.6. The Morgan fingerprint density at radius 3 is 2.67 bits per heavy atom. The summed E-state index contributed by atoms with van der Waals surface area (Å²) < 4.78 is 0.819. The highest BCUT2D eigenvalue weighted by atomic mass is 32.1. The number of aromatic nitrogens is 3. The molecule has 36 heavy (non-hydrogen) atoms. The summed E-state index contributed by atoms with van der Waals surface area (Å²) in [5.74, 6) is 0.796. The summed E-state index contributed by atoms with van der Waals surface area (Å²) in [6.07, 6.45) is 5.05. The van der Waals surface area contributed by atoms with Crippen LogP contribution in [0.25, 0.3) is 10.2 Å². The zero-order chi connectivity index (χ0) is 24.7. The maximum Gasteiger partial charge on any atom is 0.271 e. The van der Waals surface area contributed by atoms with Crippen LogP contribution in [-0.4, -0.2) is 51.9 Å². The van der Waals surface area contributed by atoms with E-state index >= 15 is 0 Å². The van der Waals surface area contributed by atoms with Crippen LogP contribution in [0.4, 0.5) is 5.95 Å². The first-order valence-electron chi connectivity index (χ1n) is 12.6. The van der Waals surface area contributed by atoms with Gasteiger partial charge in [0.1, 0.15) is 0 Å². The van der Waals surface area contributed by atoms with Gasteiger partial charge in [-0.25, -0.2) is 9.97 Å². The molecule has 4 heterocycles. The fourth-order valence-electron chi connectivity index (χ4n) is 4.65. The summed E-state index contributed by atoms with van der Waals surface area (Å²) in [6.45, 7) is 5.93. The molecule has 0 spiro atoms. The molecule has 8 heteroatoms. The molecule has 1 fully saturated rings. The van der Waals surface area contributed by atoms with E-state index in [1.54, 1.807) is 6.20 Å². The quantitative estimate of drug-likeness (QED) is 0.339. The molecule has 0 saturated carbocycles. The second kappa shape index (κ2) is 11.6. The number of anilines is 1. The molecular formula is C28H32N6OS. The maximum absolute atomic E-state index is 13.2. The number of carbonyl (C=O) groups excluding carboxylic acids is 1. The Morgan fingerprint density at radius 1 is 1.08 bits per heavy atom. The molecule has 0 bridgehead atoms. The first-order valence-corrected chi connectivity index (χ1v) is 13.5. The van der Waals surface area contributed by atoms with Crippen LogP contribution in [0.3, 0.4) is 0 Å². The molecule has 5 rings (SSSR count). The van der Waals surface area contributed by atoms with Gasteiger partial charge in [-0.1, -0.05) is 36.4 Å². The molecule has 1 aliphatic rings. The van der Waals surface area contributed by atoms with Gasteiger partial charge in [0.2, 0.25) is 5.95 Å². The molecule has 3 aromatic heterocycles. The molecule has 1 aliphatic heterocycles. The van der Waals surface area contributed by atoms with E-state index in [-0.39, 0.29) is 11.9 Å². The second-order valence-electron chi connectivity index (χ2n) is 9.38. The molecule has 7 nitrogen and oxygen atoms in total. The van der Waals surface area contributed by atoms with Gasteiger partial charge in [0.05, 0.1) is 22.0 Å². The Balaban J connectivity index is 1.16. The van der Waals surface area contributed by atoms with Crippen molar-refractivity contribution in [2.75, 3.05) is 31.5 Å². The van der Waals surface area contributed by atoms with Gasteiger partial charge < -0.3 is 15.5 Å². The largest absolute Gasteiger partial charge is 0.350 e. The van der Waals surface area contributed by atoms with Gasteiger partial charge in [0, 0.05) is 19.3 Å². The van der Waals surface area contributed by atoms with E-state index < -0.39 is 0 Å². The number of hydrogen-bond acceptors (Lipinski definition) is 7. The van der Waals surface area contributed by atoms with Gasteiger partial charge in [-0.3, -0.25) is 9.78 Å². The minimum absolute atomic E-state index is 0.0785. The fourth-order valence-corrected chi connectivity index (χ4v) is 5.47. The first-order chi connectivity index (χ1) is 17.7. The summed E-state index contributed by atoms with van der Waals surface area (Å²) in [5, 5.41) is 8.41. The third-order valence-corrected chi connectivity index (χ3v) is 7.72. The van der Waals surface area contributed by atoms with Gasteiger partial charge >= 0.3 is 0 Å². The van der Waals surface area contributed by atoms with Crippen molar-refractivity contribution < 1.29 is 4.79 Å². The standard InChI is InChI=1S/C28H32N6OS/c1-20(23-9-5-6-14-29-23)31-28-32-24-13-18-36-26(24)25(33-28)27(35)30-19-22-11-16-34(17-12-22)15-10-21-7-3-2-4-8-21/h2-9,13-14,18,20,22H,10-12,15-17,19H2,1H3,(H,30,35)(H,31,32,33)/t20-/m0/s1. The van der Waals surface area contributed by atoms with E-state index in [9.17, 15) is 4.79 Å². The van der Waals surface area contributed by atoms with E-state index in [0.717, 1.165) is 54.8 Å². The Bertz CT molecular complexity index is 1270. The first kappa shape index (κ1) is 24.3. The summed E-state index contributed by atoms with van der Waals surface area (Å²) in [7, 11) is 0. The number of rotatable bonds is 9. The zero-order valence-corrected chi connectivity index (χ0v) is 21.4. The summed E-state index contributed by atoms with van der Waals surface area (Å²) in [5.41, 5.74) is 3.50. The molecule has 1 saturated heterocycles. The van der Waals surface area contributed by atoms with E-state index in [1.807, 2.05) is 36.6 Å². The van der Waals surface area contributed by atoms with Crippen molar-refractivity contribution >= 4 is 33.4 Å². The predicted octanol–water partition coefficient (Wildman–Crippen LogP) is 4.94. The fraction of sp³-hybridized carbons (Fsp3) is 0.357. The Hall–Kier alpha value is -3.36. The summed E-state index contributed by atoms with van der Waals surface area (Å²) in [6, 6.07) is 18.3. The van der Waals surface area contributed by atoms with Gasteiger partial charge in [-0.15, -0.1) is 11.3 Å². The topological polar surface area (TPSA) is 83.0 Å². The summed E-state index contributed by atoms with van der Waals surface area (Å²) >= 11 is 1.50. The molecular weight excluding hydrogens is 468 g/mol. The molecule has 1 aromatic carbocycles.